The summed E-state index contributed by atoms with van der Waals surface area (Å²) in [5.74, 6) is 0. The molecule has 0 amide bonds. The maximum atomic E-state index is 5.96. The standard InChI is InChI=1S/C15H30N2O/c1-4-9-16-12(2)13(3)17-10-11-18-15-8-6-5-7-14(15)17/h12-16H,4-11H2,1-3H3. The first-order valence-corrected chi connectivity index (χ1v) is 7.84. The van der Waals surface area contributed by atoms with Gasteiger partial charge in [-0.1, -0.05) is 19.8 Å². The monoisotopic (exact) mass is 254 g/mol. The van der Waals surface area contributed by atoms with Crippen molar-refractivity contribution >= 4 is 0 Å². The first-order chi connectivity index (χ1) is 8.74. The van der Waals surface area contributed by atoms with Crippen LogP contribution in [0, 0.1) is 0 Å². The largest absolute Gasteiger partial charge is 0.375 e. The minimum absolute atomic E-state index is 0.508. The number of nitrogens with zero attached hydrogens (tertiary/aromatic N) is 1. The Labute approximate surface area is 112 Å². The number of fused-ring (bicyclic) bond motifs is 1. The molecule has 18 heavy (non-hydrogen) atoms. The smallest absolute Gasteiger partial charge is 0.0731 e. The molecule has 3 heteroatoms. The van der Waals surface area contributed by atoms with Gasteiger partial charge in [-0.05, 0) is 39.7 Å². The molecule has 3 nitrogen and oxygen atoms in total. The number of hydrogen-bond acceptors (Lipinski definition) is 3. The van der Waals surface area contributed by atoms with E-state index in [-0.39, 0.29) is 0 Å². The number of morpholine rings is 1. The van der Waals surface area contributed by atoms with Crippen molar-refractivity contribution in [1.82, 2.24) is 10.2 Å². The van der Waals surface area contributed by atoms with E-state index in [4.69, 9.17) is 4.74 Å². The van der Waals surface area contributed by atoms with Crippen LogP contribution in [0.2, 0.25) is 0 Å². The topological polar surface area (TPSA) is 24.5 Å². The molecule has 0 radical (unpaired) electrons. The van der Waals surface area contributed by atoms with Crippen LogP contribution in [0.3, 0.4) is 0 Å². The Morgan fingerprint density at radius 1 is 1.28 bits per heavy atom. The maximum absolute atomic E-state index is 5.96. The SMILES string of the molecule is CCCNC(C)C(C)N1CCOC2CCCCC21. The summed E-state index contributed by atoms with van der Waals surface area (Å²) >= 11 is 0. The van der Waals surface area contributed by atoms with Crippen LogP contribution in [0.15, 0.2) is 0 Å². The van der Waals surface area contributed by atoms with Gasteiger partial charge in [0.25, 0.3) is 0 Å². The van der Waals surface area contributed by atoms with Crippen LogP contribution in [0.4, 0.5) is 0 Å². The van der Waals surface area contributed by atoms with Crippen LogP contribution in [0.1, 0.15) is 52.9 Å². The van der Waals surface area contributed by atoms with Crippen molar-refractivity contribution in [3.63, 3.8) is 0 Å². The Kier molecular flexibility index (Phi) is 5.46. The van der Waals surface area contributed by atoms with E-state index in [1.54, 1.807) is 0 Å². The Morgan fingerprint density at radius 2 is 2.06 bits per heavy atom. The molecule has 0 aromatic rings. The summed E-state index contributed by atoms with van der Waals surface area (Å²) in [6.45, 7) is 10.1. The molecule has 2 fully saturated rings. The number of ether oxygens (including phenoxy) is 1. The fourth-order valence-corrected chi connectivity index (χ4v) is 3.46. The van der Waals surface area contributed by atoms with Crippen molar-refractivity contribution < 1.29 is 4.74 Å². The summed E-state index contributed by atoms with van der Waals surface area (Å²) in [6, 6.07) is 1.87. The molecule has 0 aromatic carbocycles. The molecule has 1 saturated heterocycles. The van der Waals surface area contributed by atoms with Crippen molar-refractivity contribution in [3.8, 4) is 0 Å². The fourth-order valence-electron chi connectivity index (χ4n) is 3.46. The van der Waals surface area contributed by atoms with Crippen LogP contribution in [0.5, 0.6) is 0 Å². The molecule has 1 heterocycles. The molecule has 0 aromatic heterocycles. The third-order valence-electron chi connectivity index (χ3n) is 4.74. The molecule has 0 spiro atoms. The van der Waals surface area contributed by atoms with Gasteiger partial charge in [0.05, 0.1) is 12.7 Å². The average molecular weight is 254 g/mol. The second-order valence-corrected chi connectivity index (χ2v) is 5.98. The Balaban J connectivity index is 1.92. The van der Waals surface area contributed by atoms with Gasteiger partial charge < -0.3 is 10.1 Å². The van der Waals surface area contributed by atoms with E-state index >= 15 is 0 Å². The Morgan fingerprint density at radius 3 is 2.83 bits per heavy atom. The molecule has 1 N–H and O–H groups in total. The third-order valence-corrected chi connectivity index (χ3v) is 4.74. The van der Waals surface area contributed by atoms with Gasteiger partial charge in [0, 0.05) is 24.7 Å². The van der Waals surface area contributed by atoms with Crippen molar-refractivity contribution in [1.29, 1.82) is 0 Å². The summed E-state index contributed by atoms with van der Waals surface area (Å²) < 4.78 is 5.96. The van der Waals surface area contributed by atoms with Gasteiger partial charge in [0.15, 0.2) is 0 Å². The van der Waals surface area contributed by atoms with E-state index in [1.165, 1.54) is 32.1 Å². The quantitative estimate of drug-likeness (QED) is 0.815. The first-order valence-electron chi connectivity index (χ1n) is 7.84. The van der Waals surface area contributed by atoms with Crippen LogP contribution >= 0.6 is 0 Å². The van der Waals surface area contributed by atoms with E-state index in [2.05, 4.69) is 31.0 Å². The predicted octanol–water partition coefficient (Wildman–Crippen LogP) is 2.41. The van der Waals surface area contributed by atoms with E-state index in [0.717, 1.165) is 19.7 Å². The summed E-state index contributed by atoms with van der Waals surface area (Å²) in [7, 11) is 0. The molecule has 2 rings (SSSR count). The predicted molar refractivity (Wildman–Crippen MR) is 75.9 cm³/mol. The lowest BCUT2D eigenvalue weighted by atomic mass is 9.88. The molecule has 0 bridgehead atoms. The second kappa shape index (κ2) is 6.88. The molecule has 2 aliphatic rings. The number of hydrogen-bond donors (Lipinski definition) is 1. The normalized spacial score (nSPS) is 32.8. The fraction of sp³-hybridized carbons (Fsp3) is 1.00. The van der Waals surface area contributed by atoms with Gasteiger partial charge in [-0.3, -0.25) is 4.90 Å². The van der Waals surface area contributed by atoms with Gasteiger partial charge in [-0.2, -0.15) is 0 Å². The molecule has 4 atom stereocenters. The summed E-state index contributed by atoms with van der Waals surface area (Å²) in [6.07, 6.45) is 7.05. The average Bonchev–Trinajstić information content (AvgIpc) is 2.43. The van der Waals surface area contributed by atoms with Gasteiger partial charge >= 0.3 is 0 Å². The zero-order valence-electron chi connectivity index (χ0n) is 12.3. The molecule has 4 unspecified atom stereocenters. The zero-order valence-corrected chi connectivity index (χ0v) is 12.3. The molecular formula is C15H30N2O. The van der Waals surface area contributed by atoms with Crippen LogP contribution in [-0.2, 0) is 4.74 Å². The molecule has 1 saturated carbocycles. The minimum Gasteiger partial charge on any atom is -0.375 e. The molecule has 1 aliphatic heterocycles. The lowest BCUT2D eigenvalue weighted by Gasteiger charge is -2.48. The summed E-state index contributed by atoms with van der Waals surface area (Å²) in [4.78, 5) is 2.71. The number of rotatable bonds is 5. The van der Waals surface area contributed by atoms with Gasteiger partial charge in [-0.15, -0.1) is 0 Å². The minimum atomic E-state index is 0.508. The van der Waals surface area contributed by atoms with Crippen molar-refractivity contribution in [2.24, 2.45) is 0 Å². The first kappa shape index (κ1) is 14.3. The molecule has 1 aliphatic carbocycles. The zero-order chi connectivity index (χ0) is 13.0. The van der Waals surface area contributed by atoms with Gasteiger partial charge in [-0.25, -0.2) is 0 Å². The highest BCUT2D eigenvalue weighted by atomic mass is 16.5. The summed E-state index contributed by atoms with van der Waals surface area (Å²) in [5.41, 5.74) is 0. The third kappa shape index (κ3) is 3.25. The molecular weight excluding hydrogens is 224 g/mol. The highest BCUT2D eigenvalue weighted by molar-refractivity contribution is 4.92. The van der Waals surface area contributed by atoms with Crippen LogP contribution in [0.25, 0.3) is 0 Å². The number of nitrogens with one attached hydrogen (secondary N) is 1. The van der Waals surface area contributed by atoms with Crippen molar-refractivity contribution in [3.05, 3.63) is 0 Å². The molecule has 106 valence electrons. The van der Waals surface area contributed by atoms with E-state index < -0.39 is 0 Å². The highest BCUT2D eigenvalue weighted by Gasteiger charge is 2.37. The lowest BCUT2D eigenvalue weighted by molar-refractivity contribution is -0.103. The van der Waals surface area contributed by atoms with E-state index in [1.807, 2.05) is 0 Å². The maximum Gasteiger partial charge on any atom is 0.0731 e. The Hall–Kier alpha value is -0.120. The van der Waals surface area contributed by atoms with Gasteiger partial charge in [0.1, 0.15) is 0 Å². The highest BCUT2D eigenvalue weighted by Crippen LogP contribution is 2.30. The van der Waals surface area contributed by atoms with Gasteiger partial charge in [0.2, 0.25) is 0 Å². The van der Waals surface area contributed by atoms with E-state index in [0.29, 0.717) is 24.2 Å². The summed E-state index contributed by atoms with van der Waals surface area (Å²) in [5, 5.41) is 3.64. The lowest BCUT2D eigenvalue weighted by Crippen LogP contribution is -2.59. The Bertz CT molecular complexity index is 245. The van der Waals surface area contributed by atoms with E-state index in [9.17, 15) is 0 Å². The van der Waals surface area contributed by atoms with Crippen molar-refractivity contribution in [2.45, 2.75) is 77.1 Å². The second-order valence-electron chi connectivity index (χ2n) is 5.98. The van der Waals surface area contributed by atoms with Crippen LogP contribution in [-0.4, -0.2) is 48.8 Å². The van der Waals surface area contributed by atoms with Crippen LogP contribution < -0.4 is 5.32 Å². The van der Waals surface area contributed by atoms with Crippen molar-refractivity contribution in [2.75, 3.05) is 19.7 Å².